The topological polar surface area (TPSA) is 58.9 Å². The molecular weight excluding hydrogens is 148 g/mol. The lowest BCUT2D eigenvalue weighted by atomic mass is 15.7. The third-order valence-electron chi connectivity index (χ3n) is 0.220. The minimum Gasteiger partial charge on any atom is -0.414 e. The molecule has 7 heavy (non-hydrogen) atoms. The molecule has 0 saturated carbocycles. The minimum atomic E-state index is -2.20. The van der Waals surface area contributed by atoms with E-state index in [4.69, 9.17) is 9.59 Å². The number of rotatable bonds is 3. The molecule has 0 aromatic rings. The van der Waals surface area contributed by atoms with Crippen molar-refractivity contribution in [3.05, 3.63) is 0 Å². The van der Waals surface area contributed by atoms with Gasteiger partial charge in [0.25, 0.3) is 0 Å². The van der Waals surface area contributed by atoms with Gasteiger partial charge < -0.3 is 17.8 Å². The molecule has 2 N–H and O–H groups in total. The summed E-state index contributed by atoms with van der Waals surface area (Å²) in [7, 11) is -0.397. The predicted molar refractivity (Wildman–Crippen MR) is 23.9 cm³/mol. The Bertz CT molecular complexity index is 37.9. The molecule has 0 heterocycles. The van der Waals surface area contributed by atoms with Crippen molar-refractivity contribution in [3.8, 4) is 0 Å². The second-order valence-electron chi connectivity index (χ2n) is 0.561. The van der Waals surface area contributed by atoms with Gasteiger partial charge in [-0.2, -0.15) is 0 Å². The monoisotopic (exact) mass is 150 g/mol. The molecule has 0 aliphatic carbocycles. The summed E-state index contributed by atoms with van der Waals surface area (Å²) < 4.78 is 8.24. The van der Waals surface area contributed by atoms with Crippen molar-refractivity contribution < 1.29 is 17.8 Å². The summed E-state index contributed by atoms with van der Waals surface area (Å²) in [5, 5.41) is 0. The van der Waals surface area contributed by atoms with Crippen LogP contribution in [0.2, 0.25) is 0 Å². The van der Waals surface area contributed by atoms with Crippen LogP contribution >= 0.6 is 0 Å². The highest BCUT2D eigenvalue weighted by atomic mass is 28.4. The Labute approximate surface area is 48.7 Å². The van der Waals surface area contributed by atoms with Gasteiger partial charge in [-0.15, -0.1) is 0 Å². The third-order valence-corrected chi connectivity index (χ3v) is 1.98. The quantitative estimate of drug-likeness (QED) is 0.441. The van der Waals surface area contributed by atoms with Crippen LogP contribution in [-0.2, 0) is 8.23 Å². The molecule has 4 nitrogen and oxygen atoms in total. The molecule has 0 saturated heterocycles. The van der Waals surface area contributed by atoms with Crippen LogP contribution in [-0.4, -0.2) is 39.6 Å². The van der Waals surface area contributed by atoms with Gasteiger partial charge in [-0.25, -0.2) is 0 Å². The van der Waals surface area contributed by atoms with Crippen molar-refractivity contribution in [3.63, 3.8) is 0 Å². The summed E-state index contributed by atoms with van der Waals surface area (Å²) in [6.07, 6.45) is 0. The van der Waals surface area contributed by atoms with E-state index in [1.165, 1.54) is 0 Å². The highest BCUT2D eigenvalue weighted by molar-refractivity contribution is 6.47. The van der Waals surface area contributed by atoms with Crippen LogP contribution in [0.15, 0.2) is 0 Å². The summed E-state index contributed by atoms with van der Waals surface area (Å²) in [5.41, 5.74) is 0. The summed E-state index contributed by atoms with van der Waals surface area (Å²) in [6.45, 7) is 0. The van der Waals surface area contributed by atoms with Gasteiger partial charge in [0.05, 0.1) is 0 Å². The fourth-order valence-electron chi connectivity index (χ4n) is 0.0599. The van der Waals surface area contributed by atoms with Crippen LogP contribution in [0.25, 0.3) is 0 Å². The van der Waals surface area contributed by atoms with Gasteiger partial charge in [0.1, 0.15) is 0 Å². The minimum absolute atomic E-state index is 0.716. The van der Waals surface area contributed by atoms with Crippen LogP contribution in [0, 0.1) is 0 Å². The van der Waals surface area contributed by atoms with Crippen LogP contribution in [0.4, 0.5) is 0 Å². The van der Waals surface area contributed by atoms with Gasteiger partial charge in [-0.1, -0.05) is 0 Å². The zero-order chi connectivity index (χ0) is 5.70. The highest BCUT2D eigenvalue weighted by Gasteiger charge is 2.08. The van der Waals surface area contributed by atoms with Crippen LogP contribution in [0.3, 0.4) is 0 Å². The Kier molecular flexibility index (Phi) is 4.97. The van der Waals surface area contributed by atoms with Crippen molar-refractivity contribution in [2.75, 3.05) is 0 Å². The van der Waals surface area contributed by atoms with Gasteiger partial charge in [-0.3, -0.25) is 0 Å². The van der Waals surface area contributed by atoms with E-state index >= 15 is 0 Å². The zero-order valence-electron chi connectivity index (χ0n) is 3.21. The van der Waals surface area contributed by atoms with E-state index in [9.17, 15) is 0 Å². The lowest BCUT2D eigenvalue weighted by Gasteiger charge is -1.97. The van der Waals surface area contributed by atoms with Gasteiger partial charge in [-0.05, 0) is 0 Å². The van der Waals surface area contributed by atoms with Crippen molar-refractivity contribution >= 4 is 30.0 Å². The second kappa shape index (κ2) is 4.64. The van der Waals surface area contributed by atoms with Gasteiger partial charge in [0.2, 0.25) is 10.5 Å². The lowest BCUT2D eigenvalue weighted by molar-refractivity contribution is 0.294. The molecule has 0 amide bonds. The molecule has 0 aromatic heterocycles. The van der Waals surface area contributed by atoms with E-state index in [-0.39, 0.29) is 0 Å². The molecule has 7 heteroatoms. The smallest absolute Gasteiger partial charge is 0.414 e. The van der Waals surface area contributed by atoms with Crippen LogP contribution < -0.4 is 0 Å². The van der Waals surface area contributed by atoms with Crippen molar-refractivity contribution in [1.29, 1.82) is 0 Å². The van der Waals surface area contributed by atoms with Crippen LogP contribution in [0.1, 0.15) is 0 Å². The normalized spacial score (nSPS) is 10.3. The van der Waals surface area contributed by atoms with Crippen molar-refractivity contribution in [2.24, 2.45) is 0 Å². The van der Waals surface area contributed by atoms with E-state index in [1.807, 2.05) is 0 Å². The van der Waals surface area contributed by atoms with Crippen LogP contribution in [0.5, 0.6) is 0 Å². The van der Waals surface area contributed by atoms with Gasteiger partial charge in [0, 0.05) is 0 Å². The average Bonchev–Trinajstić information content (AvgIpc) is 1.68. The first-order chi connectivity index (χ1) is 3.31. The molecule has 0 aliphatic heterocycles. The molecule has 6 radical (unpaired) electrons. The summed E-state index contributed by atoms with van der Waals surface area (Å²) in [6, 6.07) is 0. The Hall–Kier alpha value is 0.491. The molecular formula is H2O4Si3. The second-order valence-corrected chi connectivity index (χ2v) is 2.91. The summed E-state index contributed by atoms with van der Waals surface area (Å²) >= 11 is 0. The van der Waals surface area contributed by atoms with Gasteiger partial charge in [0.15, 0.2) is 0 Å². The van der Waals surface area contributed by atoms with E-state index in [0.29, 0.717) is 0 Å². The fraction of sp³-hybridized carbons (Fsp3) is 0. The Morgan fingerprint density at radius 1 is 1.71 bits per heavy atom. The SMILES string of the molecule is O[Si]O[Si](O)O[Si]. The van der Waals surface area contributed by atoms with Gasteiger partial charge >= 0.3 is 19.5 Å². The zero-order valence-corrected chi connectivity index (χ0v) is 6.21. The number of hydrogen-bond donors (Lipinski definition) is 2. The standard InChI is InChI=1S/H2O4Si3/c1-6-4-7(2)3-5/h1-2H. The summed E-state index contributed by atoms with van der Waals surface area (Å²) in [4.78, 5) is 16.3. The first kappa shape index (κ1) is 7.49. The number of hydrogen-bond acceptors (Lipinski definition) is 4. The largest absolute Gasteiger partial charge is 0.553 e. The maximum atomic E-state index is 8.31. The molecule has 0 unspecified atom stereocenters. The molecule has 0 aromatic carbocycles. The van der Waals surface area contributed by atoms with E-state index < -0.39 is 19.5 Å². The molecule has 38 valence electrons. The van der Waals surface area contributed by atoms with E-state index in [0.717, 1.165) is 0 Å². The first-order valence-electron chi connectivity index (χ1n) is 1.26. The Balaban J connectivity index is 2.83. The van der Waals surface area contributed by atoms with E-state index in [1.54, 1.807) is 0 Å². The average molecular weight is 150 g/mol. The maximum absolute atomic E-state index is 8.31. The van der Waals surface area contributed by atoms with Crippen molar-refractivity contribution in [2.45, 2.75) is 0 Å². The third kappa shape index (κ3) is 4.34. The Morgan fingerprint density at radius 3 is 2.43 bits per heavy atom. The molecule has 0 fully saturated rings. The molecule has 0 aliphatic rings. The van der Waals surface area contributed by atoms with Crippen molar-refractivity contribution in [1.82, 2.24) is 0 Å². The Morgan fingerprint density at radius 2 is 2.29 bits per heavy atom. The summed E-state index contributed by atoms with van der Waals surface area (Å²) in [5.74, 6) is 0. The molecule has 0 spiro atoms. The first-order valence-corrected chi connectivity index (χ1v) is 3.79. The lowest BCUT2D eigenvalue weighted by Crippen LogP contribution is -2.23. The molecule has 0 bridgehead atoms. The predicted octanol–water partition coefficient (Wildman–Crippen LogP) is -2.39. The maximum Gasteiger partial charge on any atom is 0.553 e. The van der Waals surface area contributed by atoms with E-state index in [2.05, 4.69) is 18.7 Å². The molecule has 0 atom stereocenters. The highest BCUT2D eigenvalue weighted by Crippen LogP contribution is 1.73. The fourth-order valence-corrected chi connectivity index (χ4v) is 0.914. The molecule has 0 rings (SSSR count).